The van der Waals surface area contributed by atoms with E-state index < -0.39 is 35.1 Å². The molecule has 1 heterocycles. The Labute approximate surface area is 299 Å². The number of hydrogen-bond acceptors (Lipinski definition) is 6. The highest BCUT2D eigenvalue weighted by Gasteiger charge is 2.71. The fourth-order valence-electron chi connectivity index (χ4n) is 4.49. The molecular weight excluding hydrogens is 783 g/mol. The molecule has 0 saturated carbocycles. The third-order valence-corrected chi connectivity index (χ3v) is 7.86. The van der Waals surface area contributed by atoms with Gasteiger partial charge in [0.25, 0.3) is 5.60 Å². The Balaban J connectivity index is 1.69. The quantitative estimate of drug-likeness (QED) is 0.0496. The molecule has 8 nitrogen and oxygen atoms in total. The number of aromatic nitrogens is 1. The summed E-state index contributed by atoms with van der Waals surface area (Å²) in [5.41, 5.74) is -4.94. The minimum absolute atomic E-state index is 0.0207. The van der Waals surface area contributed by atoms with Crippen molar-refractivity contribution in [1.82, 2.24) is 15.6 Å². The summed E-state index contributed by atoms with van der Waals surface area (Å²) in [4.78, 5) is 29.2. The van der Waals surface area contributed by atoms with Crippen molar-refractivity contribution in [2.75, 3.05) is 11.0 Å². The van der Waals surface area contributed by atoms with Crippen LogP contribution in [0.15, 0.2) is 84.0 Å². The van der Waals surface area contributed by atoms with Gasteiger partial charge in [-0.3, -0.25) is 0 Å². The van der Waals surface area contributed by atoms with Crippen molar-refractivity contribution in [2.45, 2.75) is 64.2 Å². The molecule has 3 N–H and O–H groups in total. The number of aryl methyl sites for hydroxylation is 1. The maximum atomic E-state index is 13.5. The molecule has 3 rings (SSSR count). The summed E-state index contributed by atoms with van der Waals surface area (Å²) in [7, 11) is 0. The van der Waals surface area contributed by atoms with Gasteiger partial charge in [0.15, 0.2) is 0 Å². The van der Waals surface area contributed by atoms with Crippen LogP contribution in [0, 0.1) is 0 Å². The number of carbonyl (C=O) groups is 2. The van der Waals surface area contributed by atoms with Crippen LogP contribution in [0.25, 0.3) is 0 Å². The first-order chi connectivity index (χ1) is 23.3. The first-order valence-corrected chi connectivity index (χ1v) is 16.6. The van der Waals surface area contributed by atoms with Crippen molar-refractivity contribution in [3.8, 4) is 17.4 Å². The molecule has 0 saturated heterocycles. The van der Waals surface area contributed by atoms with Gasteiger partial charge in [-0.1, -0.05) is 64.6 Å². The number of amides is 2. The monoisotopic (exact) mass is 819 g/mol. The Morgan fingerprint density at radius 2 is 1.58 bits per heavy atom. The minimum atomic E-state index is -6.03. The highest BCUT2D eigenvalue weighted by molar-refractivity contribution is 14.1. The van der Waals surface area contributed by atoms with E-state index in [0.717, 1.165) is 17.2 Å². The number of carbonyl (C=O) groups excluding carboxylic acids is 2. The molecule has 50 heavy (non-hydrogen) atoms. The molecule has 3 aromatic rings. The van der Waals surface area contributed by atoms with Gasteiger partial charge in [-0.05, 0) is 81.1 Å². The van der Waals surface area contributed by atoms with Gasteiger partial charge < -0.3 is 30.0 Å². The highest BCUT2D eigenvalue weighted by atomic mass is 127. The lowest BCUT2D eigenvalue weighted by molar-refractivity contribution is -0.376. The summed E-state index contributed by atoms with van der Waals surface area (Å²) in [5.74, 6) is 0.448. The summed E-state index contributed by atoms with van der Waals surface area (Å²) in [6.07, 6.45) is -7.51. The van der Waals surface area contributed by atoms with E-state index in [1.54, 1.807) is 30.3 Å². The zero-order valence-corrected chi connectivity index (χ0v) is 29.7. The first-order valence-electron chi connectivity index (χ1n) is 15.1. The van der Waals surface area contributed by atoms with E-state index in [0.29, 0.717) is 40.8 Å². The number of hydrogen-bond donors (Lipinski definition) is 3. The largest absolute Gasteiger partial charge is 0.489 e. The molecule has 1 atom stereocenters. The van der Waals surface area contributed by atoms with Crippen molar-refractivity contribution >= 4 is 34.9 Å². The fraction of sp³-hybridized carbons (Fsp3) is 0.343. The number of pyridine rings is 1. The van der Waals surface area contributed by atoms with Crippen molar-refractivity contribution in [3.05, 3.63) is 106 Å². The van der Waals surface area contributed by atoms with Crippen LogP contribution in [-0.4, -0.2) is 45.8 Å². The molecule has 1 aromatic heterocycles. The Kier molecular flexibility index (Phi) is 13.5. The summed E-state index contributed by atoms with van der Waals surface area (Å²) < 4.78 is 92.5. The molecule has 1 unspecified atom stereocenters. The third kappa shape index (κ3) is 10.2. The average molecular weight is 820 g/mol. The number of aliphatic hydroxyl groups is 1. The van der Waals surface area contributed by atoms with Crippen LogP contribution in [-0.2, 0) is 28.9 Å². The van der Waals surface area contributed by atoms with E-state index in [-0.39, 0.29) is 35.9 Å². The second-order valence-corrected chi connectivity index (χ2v) is 12.8. The van der Waals surface area contributed by atoms with Gasteiger partial charge in [-0.2, -0.15) is 26.3 Å². The average Bonchev–Trinajstić information content (AvgIpc) is 3.05. The zero-order chi connectivity index (χ0) is 37.3. The summed E-state index contributed by atoms with van der Waals surface area (Å²) in [5, 5.41) is 15.0. The van der Waals surface area contributed by atoms with Gasteiger partial charge in [0.1, 0.15) is 29.9 Å². The van der Waals surface area contributed by atoms with E-state index >= 15 is 0 Å². The molecule has 270 valence electrons. The molecule has 0 bridgehead atoms. The summed E-state index contributed by atoms with van der Waals surface area (Å²) in [6.45, 7) is 7.69. The normalized spacial score (nSPS) is 13.6. The number of ether oxygens (including phenoxy) is 2. The number of benzene rings is 2. The molecule has 0 aliphatic rings. The molecule has 0 aliphatic heterocycles. The van der Waals surface area contributed by atoms with E-state index in [2.05, 4.69) is 15.6 Å². The number of nitrogens with one attached hydrogen (secondary N) is 2. The zero-order valence-electron chi connectivity index (χ0n) is 27.5. The van der Waals surface area contributed by atoms with Gasteiger partial charge >= 0.3 is 18.4 Å². The van der Waals surface area contributed by atoms with Crippen LogP contribution in [0.2, 0.25) is 0 Å². The Morgan fingerprint density at radius 1 is 0.940 bits per heavy atom. The van der Waals surface area contributed by atoms with E-state index in [1.165, 1.54) is 19.1 Å². The van der Waals surface area contributed by atoms with Crippen LogP contribution in [0.1, 0.15) is 50.1 Å². The SMILES string of the molecule is CC(C)=C/C=C(\C)COc1ccc(C(C)(C=O)NC(=O)NCc2cccc(Oc3ccc(C(O)(C(F)(F)F)C(F)(F)F)cc3CCI)n2)cc1. The van der Waals surface area contributed by atoms with Gasteiger partial charge in [-0.25, -0.2) is 9.78 Å². The van der Waals surface area contributed by atoms with Crippen molar-refractivity contribution in [1.29, 1.82) is 0 Å². The first kappa shape index (κ1) is 40.3. The van der Waals surface area contributed by atoms with E-state index in [1.807, 2.05) is 55.5 Å². The fourth-order valence-corrected chi connectivity index (χ4v) is 5.07. The van der Waals surface area contributed by atoms with Gasteiger partial charge in [-0.15, -0.1) is 0 Å². The maximum Gasteiger partial charge on any atom is 0.430 e. The standard InChI is InChI=1S/C35H36F6IN3O5/c1-22(2)8-9-23(3)20-49-28-13-10-25(11-14-28)32(4,21-46)45-31(47)43-19-27-6-5-7-30(44-27)50-29-15-12-26(18-24(29)16-17-42)33(48,34(36,37)38)35(39,40)41/h5-15,18,21,48H,16-17,19-20H2,1-4H3,(H2,43,45,47)/b23-9+. The molecule has 2 amide bonds. The second kappa shape index (κ2) is 16.7. The minimum Gasteiger partial charge on any atom is -0.489 e. The number of alkyl halides is 7. The molecule has 0 fully saturated rings. The molecule has 0 spiro atoms. The number of rotatable bonds is 14. The Hall–Kier alpha value is -4.12. The predicted octanol–water partition coefficient (Wildman–Crippen LogP) is 8.37. The maximum absolute atomic E-state index is 13.5. The molecule has 15 heteroatoms. The lowest BCUT2D eigenvalue weighted by Gasteiger charge is -2.33. The lowest BCUT2D eigenvalue weighted by Crippen LogP contribution is -2.53. The van der Waals surface area contributed by atoms with E-state index in [4.69, 9.17) is 9.47 Å². The summed E-state index contributed by atoms with van der Waals surface area (Å²) in [6, 6.07) is 12.5. The van der Waals surface area contributed by atoms with Crippen LogP contribution in [0.3, 0.4) is 0 Å². The Bertz CT molecular complexity index is 1690. The second-order valence-electron chi connectivity index (χ2n) is 11.7. The molecule has 0 radical (unpaired) electrons. The van der Waals surface area contributed by atoms with Crippen LogP contribution in [0.4, 0.5) is 31.1 Å². The van der Waals surface area contributed by atoms with Gasteiger partial charge in [0.05, 0.1) is 12.2 Å². The number of allylic oxidation sites excluding steroid dienone is 3. The summed E-state index contributed by atoms with van der Waals surface area (Å²) >= 11 is 1.90. The van der Waals surface area contributed by atoms with Crippen molar-refractivity contribution in [3.63, 3.8) is 0 Å². The van der Waals surface area contributed by atoms with Crippen molar-refractivity contribution in [2.24, 2.45) is 0 Å². The molecular formula is C35H36F6IN3O5. The topological polar surface area (TPSA) is 110 Å². The number of urea groups is 1. The predicted molar refractivity (Wildman–Crippen MR) is 183 cm³/mol. The van der Waals surface area contributed by atoms with Crippen molar-refractivity contribution < 1.29 is 50.5 Å². The third-order valence-electron chi connectivity index (χ3n) is 7.32. The van der Waals surface area contributed by atoms with Gasteiger partial charge in [0.2, 0.25) is 5.88 Å². The lowest BCUT2D eigenvalue weighted by atomic mass is 9.90. The van der Waals surface area contributed by atoms with Gasteiger partial charge in [0, 0.05) is 16.1 Å². The Morgan fingerprint density at radius 3 is 2.16 bits per heavy atom. The van der Waals surface area contributed by atoms with Crippen LogP contribution in [0.5, 0.6) is 17.4 Å². The number of halogens is 7. The van der Waals surface area contributed by atoms with E-state index in [9.17, 15) is 41.0 Å². The smallest absolute Gasteiger partial charge is 0.430 e. The van der Waals surface area contributed by atoms with Crippen LogP contribution >= 0.6 is 22.6 Å². The molecule has 2 aromatic carbocycles. The van der Waals surface area contributed by atoms with Crippen LogP contribution < -0.4 is 20.1 Å². The number of aldehydes is 1. The molecule has 0 aliphatic carbocycles. The highest BCUT2D eigenvalue weighted by Crippen LogP contribution is 2.50. The number of nitrogens with zero attached hydrogens (tertiary/aromatic N) is 1.